The van der Waals surface area contributed by atoms with Crippen LogP contribution in [-0.4, -0.2) is 97.9 Å². The number of rotatable bonds is 5. The molecule has 0 radical (unpaired) electrons. The summed E-state index contributed by atoms with van der Waals surface area (Å²) in [5.41, 5.74) is 3.56. The fourth-order valence-corrected chi connectivity index (χ4v) is 7.91. The van der Waals surface area contributed by atoms with Crippen LogP contribution in [0.5, 0.6) is 0 Å². The number of aryl methyl sites for hydroxylation is 1. The molecule has 11 heteroatoms. The van der Waals surface area contributed by atoms with E-state index in [1.165, 1.54) is 0 Å². The minimum atomic E-state index is -2.58. The molecule has 3 saturated heterocycles. The van der Waals surface area contributed by atoms with Gasteiger partial charge >= 0.3 is 0 Å². The van der Waals surface area contributed by atoms with E-state index in [9.17, 15) is 8.78 Å². The minimum absolute atomic E-state index is 0.0238. The molecule has 218 valence electrons. The standard InChI is InChI=1S/C29H41F2N7O2/c1-19-15-33-38-20(17-39-2)18-40-29(27(19)38)6-10-36(11-7-29)25-14-23-21(26(34-25)28(30)31)4-3-5-22-24(16-37(22)23)35-12-8-32-9-13-35/h14-15,20,22,24,28,32H,3-13,16-18H2,1-2H3/t20-,22+,24-/m1/s1. The fourth-order valence-electron chi connectivity index (χ4n) is 7.91. The molecule has 2 aromatic rings. The number of hydrogen-bond donors (Lipinski definition) is 1. The van der Waals surface area contributed by atoms with Gasteiger partial charge in [-0.1, -0.05) is 0 Å². The Morgan fingerprint density at radius 1 is 1.18 bits per heavy atom. The first-order chi connectivity index (χ1) is 19.5. The van der Waals surface area contributed by atoms with Gasteiger partial charge in [0, 0.05) is 82.3 Å². The number of methoxy groups -OCH3 is 1. The number of aromatic nitrogens is 3. The van der Waals surface area contributed by atoms with Gasteiger partial charge in [-0.15, -0.1) is 0 Å². The highest BCUT2D eigenvalue weighted by molar-refractivity contribution is 5.66. The predicted molar refractivity (Wildman–Crippen MR) is 148 cm³/mol. The Hall–Kier alpha value is -2.34. The van der Waals surface area contributed by atoms with Crippen molar-refractivity contribution in [1.82, 2.24) is 25.0 Å². The van der Waals surface area contributed by atoms with Gasteiger partial charge in [0.15, 0.2) is 0 Å². The van der Waals surface area contributed by atoms with E-state index >= 15 is 0 Å². The van der Waals surface area contributed by atoms with Gasteiger partial charge in [-0.3, -0.25) is 9.58 Å². The molecule has 40 heavy (non-hydrogen) atoms. The van der Waals surface area contributed by atoms with Crippen molar-refractivity contribution in [3.8, 4) is 0 Å². The predicted octanol–water partition coefficient (Wildman–Crippen LogP) is 3.04. The van der Waals surface area contributed by atoms with Gasteiger partial charge in [-0.25, -0.2) is 13.8 Å². The molecule has 2 aromatic heterocycles. The molecule has 5 aliphatic rings. The van der Waals surface area contributed by atoms with Crippen molar-refractivity contribution in [2.24, 2.45) is 0 Å². The average Bonchev–Trinajstić information content (AvgIpc) is 3.30. The molecule has 7 rings (SSSR count). The summed E-state index contributed by atoms with van der Waals surface area (Å²) in [6.07, 6.45) is 3.51. The summed E-state index contributed by atoms with van der Waals surface area (Å²) >= 11 is 0. The molecule has 0 saturated carbocycles. The Labute approximate surface area is 234 Å². The van der Waals surface area contributed by atoms with Crippen LogP contribution in [0.25, 0.3) is 0 Å². The van der Waals surface area contributed by atoms with Crippen LogP contribution in [0.3, 0.4) is 0 Å². The summed E-state index contributed by atoms with van der Waals surface area (Å²) in [7, 11) is 1.70. The smallest absolute Gasteiger partial charge is 0.280 e. The molecule has 0 unspecified atom stereocenters. The largest absolute Gasteiger partial charge is 0.382 e. The first-order valence-electron chi connectivity index (χ1n) is 14.9. The Bertz CT molecular complexity index is 1230. The van der Waals surface area contributed by atoms with E-state index in [0.717, 1.165) is 80.9 Å². The first kappa shape index (κ1) is 26.6. The highest BCUT2D eigenvalue weighted by atomic mass is 19.3. The van der Waals surface area contributed by atoms with Gasteiger partial charge in [0.05, 0.1) is 31.1 Å². The normalized spacial score (nSPS) is 28.2. The summed E-state index contributed by atoms with van der Waals surface area (Å²) in [4.78, 5) is 11.8. The lowest BCUT2D eigenvalue weighted by Gasteiger charge is -2.54. The van der Waals surface area contributed by atoms with E-state index < -0.39 is 12.0 Å². The zero-order chi connectivity index (χ0) is 27.4. The van der Waals surface area contributed by atoms with Gasteiger partial charge in [0.2, 0.25) is 0 Å². The van der Waals surface area contributed by atoms with E-state index in [4.69, 9.17) is 9.47 Å². The third-order valence-electron chi connectivity index (χ3n) is 9.97. The van der Waals surface area contributed by atoms with E-state index in [2.05, 4.69) is 47.8 Å². The summed E-state index contributed by atoms with van der Waals surface area (Å²) in [6, 6.07) is 3.07. The molecule has 3 fully saturated rings. The van der Waals surface area contributed by atoms with Gasteiger partial charge in [0.25, 0.3) is 6.43 Å². The minimum Gasteiger partial charge on any atom is -0.382 e. The third kappa shape index (κ3) is 4.31. The fraction of sp³-hybridized carbons (Fsp3) is 0.724. The van der Waals surface area contributed by atoms with Crippen LogP contribution >= 0.6 is 0 Å². The van der Waals surface area contributed by atoms with Crippen LogP contribution in [0.15, 0.2) is 12.3 Å². The number of hydrogen-bond acceptors (Lipinski definition) is 8. The maximum atomic E-state index is 14.4. The quantitative estimate of drug-likeness (QED) is 0.602. The van der Waals surface area contributed by atoms with Crippen LogP contribution in [0.4, 0.5) is 20.3 Å². The van der Waals surface area contributed by atoms with Crippen LogP contribution in [0, 0.1) is 6.92 Å². The van der Waals surface area contributed by atoms with Gasteiger partial charge in [-0.2, -0.15) is 5.10 Å². The number of piperidine rings is 1. The molecule has 5 aliphatic heterocycles. The Balaban J connectivity index is 1.14. The van der Waals surface area contributed by atoms with E-state index in [0.29, 0.717) is 50.6 Å². The molecule has 0 aromatic carbocycles. The van der Waals surface area contributed by atoms with Crippen LogP contribution in [0.2, 0.25) is 0 Å². The molecule has 0 bridgehead atoms. The van der Waals surface area contributed by atoms with Crippen LogP contribution in [-0.2, 0) is 21.5 Å². The highest BCUT2D eigenvalue weighted by Gasteiger charge is 2.47. The molecule has 3 atom stereocenters. The number of nitrogens with zero attached hydrogens (tertiary/aromatic N) is 6. The molecule has 1 N–H and O–H groups in total. The molecule has 1 spiro atoms. The Morgan fingerprint density at radius 2 is 1.98 bits per heavy atom. The molecule has 7 heterocycles. The van der Waals surface area contributed by atoms with Crippen LogP contribution < -0.4 is 15.1 Å². The van der Waals surface area contributed by atoms with E-state index in [1.807, 2.05) is 6.20 Å². The molecule has 9 nitrogen and oxygen atoms in total. The van der Waals surface area contributed by atoms with Crippen molar-refractivity contribution >= 4 is 11.5 Å². The number of pyridine rings is 1. The SMILES string of the molecule is COC[C@@H]1COC2(CCN(c3cc4c(c(C(F)F)n3)CCC[C@H]3[C@H](N5CCNCC5)CN43)CC2)c2c(C)cnn21. The lowest BCUT2D eigenvalue weighted by Crippen LogP contribution is -2.69. The molecule has 0 aliphatic carbocycles. The highest BCUT2D eigenvalue weighted by Crippen LogP contribution is 2.46. The third-order valence-corrected chi connectivity index (χ3v) is 9.97. The number of alkyl halides is 2. The first-order valence-corrected chi connectivity index (χ1v) is 14.9. The van der Waals surface area contributed by atoms with Gasteiger partial charge in [-0.05, 0) is 44.6 Å². The summed E-state index contributed by atoms with van der Waals surface area (Å²) in [5.74, 6) is 0.675. The van der Waals surface area contributed by atoms with Crippen molar-refractivity contribution in [2.45, 2.75) is 69.2 Å². The second-order valence-electron chi connectivity index (χ2n) is 12.2. The summed E-state index contributed by atoms with van der Waals surface area (Å²) in [6.45, 7) is 9.67. The maximum Gasteiger partial charge on any atom is 0.280 e. The number of halogens is 2. The second-order valence-corrected chi connectivity index (χ2v) is 12.2. The van der Waals surface area contributed by atoms with Crippen LogP contribution in [0.1, 0.15) is 60.7 Å². The number of fused-ring (bicyclic) bond motifs is 5. The molecule has 0 amide bonds. The number of ether oxygens (including phenoxy) is 2. The number of piperazine rings is 1. The van der Waals surface area contributed by atoms with Gasteiger partial charge < -0.3 is 24.6 Å². The van der Waals surface area contributed by atoms with Crippen molar-refractivity contribution in [2.75, 3.05) is 75.9 Å². The van der Waals surface area contributed by atoms with Crippen molar-refractivity contribution in [3.05, 3.63) is 34.8 Å². The van der Waals surface area contributed by atoms with Crippen molar-refractivity contribution in [1.29, 1.82) is 0 Å². The summed E-state index contributed by atoms with van der Waals surface area (Å²) < 4.78 is 43.0. The number of anilines is 2. The van der Waals surface area contributed by atoms with Crippen molar-refractivity contribution < 1.29 is 18.3 Å². The lowest BCUT2D eigenvalue weighted by atomic mass is 9.84. The second kappa shape index (κ2) is 10.5. The zero-order valence-corrected chi connectivity index (χ0v) is 23.6. The van der Waals surface area contributed by atoms with E-state index in [-0.39, 0.29) is 11.7 Å². The van der Waals surface area contributed by atoms with Gasteiger partial charge in [0.1, 0.15) is 17.1 Å². The lowest BCUT2D eigenvalue weighted by molar-refractivity contribution is -0.116. The topological polar surface area (TPSA) is 70.9 Å². The Kier molecular flexibility index (Phi) is 6.96. The molecular formula is C29H41F2N7O2. The molecular weight excluding hydrogens is 516 g/mol. The average molecular weight is 558 g/mol. The number of nitrogens with one attached hydrogen (secondary N) is 1. The summed E-state index contributed by atoms with van der Waals surface area (Å²) in [5, 5.41) is 8.11. The zero-order valence-electron chi connectivity index (χ0n) is 23.6. The van der Waals surface area contributed by atoms with Crippen molar-refractivity contribution in [3.63, 3.8) is 0 Å². The maximum absolute atomic E-state index is 14.4. The van der Waals surface area contributed by atoms with E-state index in [1.54, 1.807) is 7.11 Å². The Morgan fingerprint density at radius 3 is 2.73 bits per heavy atom. The monoisotopic (exact) mass is 557 g/mol.